The molecule has 2 aromatic heterocycles. The van der Waals surface area contributed by atoms with Gasteiger partial charge in [0.05, 0.1) is 12.1 Å². The van der Waals surface area contributed by atoms with Gasteiger partial charge in [0.25, 0.3) is 0 Å². The normalized spacial score (nSPS) is 19.3. The van der Waals surface area contributed by atoms with Gasteiger partial charge in [0.15, 0.2) is 0 Å². The van der Waals surface area contributed by atoms with Crippen molar-refractivity contribution in [2.45, 2.75) is 19.6 Å². The van der Waals surface area contributed by atoms with Gasteiger partial charge in [0.2, 0.25) is 0 Å². The molecule has 0 radical (unpaired) electrons. The Labute approximate surface area is 139 Å². The second-order valence-corrected chi connectivity index (χ2v) is 6.80. The zero-order valence-corrected chi connectivity index (χ0v) is 13.9. The van der Waals surface area contributed by atoms with E-state index >= 15 is 0 Å². The van der Waals surface area contributed by atoms with Gasteiger partial charge in [-0.3, -0.25) is 9.88 Å². The Balaban J connectivity index is 1.54. The molecule has 0 aliphatic carbocycles. The van der Waals surface area contributed by atoms with Crippen LogP contribution in [0, 0.1) is 6.92 Å². The number of morpholine rings is 1. The first-order valence-corrected chi connectivity index (χ1v) is 8.76. The van der Waals surface area contributed by atoms with Gasteiger partial charge in [-0.2, -0.15) is 0 Å². The third-order valence-electron chi connectivity index (χ3n) is 4.17. The molecule has 1 fully saturated rings. The van der Waals surface area contributed by atoms with Crippen LogP contribution in [0.5, 0.6) is 0 Å². The average Bonchev–Trinajstić information content (AvgIpc) is 3.02. The number of hydrogen-bond acceptors (Lipinski definition) is 5. The minimum absolute atomic E-state index is 0.0883. The number of rotatable bonds is 3. The monoisotopic (exact) mass is 325 g/mol. The highest BCUT2D eigenvalue weighted by atomic mass is 32.1. The smallest absolute Gasteiger partial charge is 0.123 e. The predicted molar refractivity (Wildman–Crippen MR) is 92.6 cm³/mol. The average molecular weight is 325 g/mol. The predicted octanol–water partition coefficient (Wildman–Crippen LogP) is 3.57. The van der Waals surface area contributed by atoms with Gasteiger partial charge in [-0.05, 0) is 18.6 Å². The van der Waals surface area contributed by atoms with Crippen LogP contribution in [0.25, 0.3) is 10.9 Å². The van der Waals surface area contributed by atoms with Gasteiger partial charge in [0, 0.05) is 42.3 Å². The topological polar surface area (TPSA) is 38.2 Å². The molecule has 0 unspecified atom stereocenters. The number of benzene rings is 1. The molecule has 0 spiro atoms. The Bertz CT molecular complexity index is 811. The Hall–Kier alpha value is -1.82. The molecule has 4 nitrogen and oxygen atoms in total. The van der Waals surface area contributed by atoms with E-state index in [1.165, 1.54) is 10.9 Å². The van der Waals surface area contributed by atoms with Gasteiger partial charge < -0.3 is 4.74 Å². The van der Waals surface area contributed by atoms with E-state index < -0.39 is 0 Å². The molecule has 3 heterocycles. The van der Waals surface area contributed by atoms with E-state index in [9.17, 15) is 0 Å². The lowest BCUT2D eigenvalue weighted by Gasteiger charge is -2.32. The summed E-state index contributed by atoms with van der Waals surface area (Å²) in [6, 6.07) is 10.5. The molecule has 1 atom stereocenters. The molecule has 0 amide bonds. The summed E-state index contributed by atoms with van der Waals surface area (Å²) in [5, 5.41) is 4.38. The minimum atomic E-state index is 0.0883. The van der Waals surface area contributed by atoms with E-state index in [1.807, 2.05) is 19.2 Å². The van der Waals surface area contributed by atoms with Crippen LogP contribution in [-0.4, -0.2) is 34.6 Å². The lowest BCUT2D eigenvalue weighted by Crippen LogP contribution is -2.37. The standard InChI is InChI=1S/C18H19N3OS/c1-13-12-23-18(20-13)16-11-21(8-9-22-16)10-15-5-2-4-14-6-3-7-19-17(14)15/h2-7,12,16H,8-11H2,1H3/t16-/m1/s1. The fraction of sp³-hybridized carbons (Fsp3) is 0.333. The van der Waals surface area contributed by atoms with Crippen molar-refractivity contribution in [3.05, 3.63) is 58.2 Å². The summed E-state index contributed by atoms with van der Waals surface area (Å²) in [5.41, 5.74) is 3.45. The maximum Gasteiger partial charge on any atom is 0.123 e. The highest BCUT2D eigenvalue weighted by Gasteiger charge is 2.24. The Kier molecular flexibility index (Phi) is 4.08. The highest BCUT2D eigenvalue weighted by molar-refractivity contribution is 7.09. The van der Waals surface area contributed by atoms with Crippen LogP contribution in [0.4, 0.5) is 0 Å². The molecule has 1 aromatic carbocycles. The van der Waals surface area contributed by atoms with Crippen molar-refractivity contribution in [3.8, 4) is 0 Å². The minimum Gasteiger partial charge on any atom is -0.368 e. The maximum atomic E-state index is 5.92. The number of hydrogen-bond donors (Lipinski definition) is 0. The van der Waals surface area contributed by atoms with Gasteiger partial charge >= 0.3 is 0 Å². The zero-order valence-electron chi connectivity index (χ0n) is 13.1. The van der Waals surface area contributed by atoms with Crippen LogP contribution in [0.3, 0.4) is 0 Å². The molecule has 1 aliphatic heterocycles. The number of thiazole rings is 1. The van der Waals surface area contributed by atoms with E-state index in [4.69, 9.17) is 4.74 Å². The quantitative estimate of drug-likeness (QED) is 0.738. The first-order chi connectivity index (χ1) is 11.3. The van der Waals surface area contributed by atoms with Gasteiger partial charge in [-0.1, -0.05) is 24.3 Å². The van der Waals surface area contributed by atoms with Crippen LogP contribution in [0.1, 0.15) is 22.4 Å². The first-order valence-electron chi connectivity index (χ1n) is 7.88. The summed E-state index contributed by atoms with van der Waals surface area (Å²) in [7, 11) is 0. The number of para-hydroxylation sites is 1. The van der Waals surface area contributed by atoms with E-state index in [0.29, 0.717) is 0 Å². The second-order valence-electron chi connectivity index (χ2n) is 5.91. The van der Waals surface area contributed by atoms with Crippen molar-refractivity contribution < 1.29 is 4.74 Å². The summed E-state index contributed by atoms with van der Waals surface area (Å²) in [6.45, 7) is 5.52. The number of aryl methyl sites for hydroxylation is 1. The molecule has 23 heavy (non-hydrogen) atoms. The third kappa shape index (κ3) is 3.13. The second kappa shape index (κ2) is 6.35. The van der Waals surface area contributed by atoms with Crippen LogP contribution in [0.2, 0.25) is 0 Å². The van der Waals surface area contributed by atoms with Crippen molar-refractivity contribution in [1.82, 2.24) is 14.9 Å². The lowest BCUT2D eigenvalue weighted by molar-refractivity contribution is -0.0329. The fourth-order valence-electron chi connectivity index (χ4n) is 3.05. The summed E-state index contributed by atoms with van der Waals surface area (Å²) < 4.78 is 5.92. The number of fused-ring (bicyclic) bond motifs is 1. The van der Waals surface area contributed by atoms with E-state index in [2.05, 4.69) is 44.5 Å². The summed E-state index contributed by atoms with van der Waals surface area (Å²) in [5.74, 6) is 0. The van der Waals surface area contributed by atoms with Crippen LogP contribution in [-0.2, 0) is 11.3 Å². The summed E-state index contributed by atoms with van der Waals surface area (Å²) in [6.07, 6.45) is 1.96. The summed E-state index contributed by atoms with van der Waals surface area (Å²) >= 11 is 1.69. The highest BCUT2D eigenvalue weighted by Crippen LogP contribution is 2.27. The molecule has 0 N–H and O–H groups in total. The van der Waals surface area contributed by atoms with E-state index in [0.717, 1.165) is 42.5 Å². The Morgan fingerprint density at radius 3 is 3.09 bits per heavy atom. The molecule has 1 saturated heterocycles. The molecular formula is C18H19N3OS. The number of ether oxygens (including phenoxy) is 1. The van der Waals surface area contributed by atoms with Crippen LogP contribution >= 0.6 is 11.3 Å². The molecule has 5 heteroatoms. The lowest BCUT2D eigenvalue weighted by atomic mass is 10.1. The third-order valence-corrected chi connectivity index (χ3v) is 5.23. The molecule has 0 saturated carbocycles. The van der Waals surface area contributed by atoms with Crippen molar-refractivity contribution in [2.24, 2.45) is 0 Å². The number of aromatic nitrogens is 2. The van der Waals surface area contributed by atoms with Gasteiger partial charge in [-0.25, -0.2) is 4.98 Å². The Morgan fingerprint density at radius 2 is 2.22 bits per heavy atom. The van der Waals surface area contributed by atoms with E-state index in [1.54, 1.807) is 11.3 Å². The zero-order chi connectivity index (χ0) is 15.6. The molecule has 0 bridgehead atoms. The molecule has 118 valence electrons. The number of pyridine rings is 1. The molecule has 4 rings (SSSR count). The van der Waals surface area contributed by atoms with Crippen molar-refractivity contribution in [1.29, 1.82) is 0 Å². The van der Waals surface area contributed by atoms with Crippen molar-refractivity contribution in [3.63, 3.8) is 0 Å². The number of nitrogens with zero attached hydrogens (tertiary/aromatic N) is 3. The van der Waals surface area contributed by atoms with Crippen LogP contribution in [0.15, 0.2) is 41.9 Å². The Morgan fingerprint density at radius 1 is 1.30 bits per heavy atom. The van der Waals surface area contributed by atoms with Gasteiger partial charge in [-0.15, -0.1) is 11.3 Å². The first kappa shape index (κ1) is 14.8. The molecule has 1 aliphatic rings. The SMILES string of the molecule is Cc1csc([C@H]2CN(Cc3cccc4cccnc34)CCO2)n1. The summed E-state index contributed by atoms with van der Waals surface area (Å²) in [4.78, 5) is 11.6. The molecule has 3 aromatic rings. The molecular weight excluding hydrogens is 306 g/mol. The largest absolute Gasteiger partial charge is 0.368 e. The maximum absolute atomic E-state index is 5.92. The van der Waals surface area contributed by atoms with Crippen molar-refractivity contribution >= 4 is 22.2 Å². The fourth-order valence-corrected chi connectivity index (χ4v) is 3.89. The van der Waals surface area contributed by atoms with Gasteiger partial charge in [0.1, 0.15) is 11.1 Å². The van der Waals surface area contributed by atoms with Crippen LogP contribution < -0.4 is 0 Å². The van der Waals surface area contributed by atoms with E-state index in [-0.39, 0.29) is 6.10 Å². The van der Waals surface area contributed by atoms with Crippen molar-refractivity contribution in [2.75, 3.05) is 19.7 Å².